The van der Waals surface area contributed by atoms with E-state index in [9.17, 15) is 0 Å². The van der Waals surface area contributed by atoms with E-state index in [1.54, 1.807) is 0 Å². The number of fused-ring (bicyclic) bond motifs is 2. The van der Waals surface area contributed by atoms with Crippen LogP contribution >= 0.6 is 0 Å². The molecule has 0 amide bonds. The van der Waals surface area contributed by atoms with Gasteiger partial charge in [0.05, 0.1) is 0 Å². The minimum atomic E-state index is 0. The van der Waals surface area contributed by atoms with E-state index in [0.717, 1.165) is 0 Å². The van der Waals surface area contributed by atoms with E-state index in [0.29, 0.717) is 0 Å². The summed E-state index contributed by atoms with van der Waals surface area (Å²) < 4.78 is 0. The van der Waals surface area contributed by atoms with Gasteiger partial charge < -0.3 is 14.9 Å². The topological polar surface area (TPSA) is 0 Å². The molecule has 136 valence electrons. The van der Waals surface area contributed by atoms with Gasteiger partial charge in [0, 0.05) is 0 Å². The molecule has 1 aliphatic carbocycles. The quantitative estimate of drug-likeness (QED) is 0.287. The third-order valence-corrected chi connectivity index (χ3v) is 6.05. The summed E-state index contributed by atoms with van der Waals surface area (Å²) in [5, 5.41) is 5.53. The first-order valence-electron chi connectivity index (χ1n) is 9.17. The summed E-state index contributed by atoms with van der Waals surface area (Å²) in [6.07, 6.45) is 6.60. The van der Waals surface area contributed by atoms with Crippen LogP contribution in [0.5, 0.6) is 0 Å². The van der Waals surface area contributed by atoms with Gasteiger partial charge >= 0.3 is 26.2 Å². The van der Waals surface area contributed by atoms with Crippen LogP contribution in [-0.4, -0.2) is 0 Å². The van der Waals surface area contributed by atoms with E-state index < -0.39 is 0 Å². The molecule has 1 heteroatoms. The Morgan fingerprint density at radius 2 is 1.07 bits per heavy atom. The summed E-state index contributed by atoms with van der Waals surface area (Å²) in [7, 11) is 0. The van der Waals surface area contributed by atoms with Gasteiger partial charge in [-0.3, -0.25) is 0 Å². The molecule has 1 saturated carbocycles. The summed E-state index contributed by atoms with van der Waals surface area (Å²) in [5.74, 6) is 0. The van der Waals surface area contributed by atoms with Crippen molar-refractivity contribution in [1.29, 1.82) is 0 Å². The van der Waals surface area contributed by atoms with Crippen molar-refractivity contribution < 1.29 is 26.2 Å². The SMILES string of the molecule is [CH3-].[CH3-].[Zr+4].c1ccc2[cH-]c(C3(c4cc5ccccc5[cH-]4)CCCCC3)cc2c1. The van der Waals surface area contributed by atoms with Gasteiger partial charge in [0.2, 0.25) is 0 Å². The summed E-state index contributed by atoms with van der Waals surface area (Å²) >= 11 is 0. The van der Waals surface area contributed by atoms with Crippen LogP contribution in [0.3, 0.4) is 0 Å². The van der Waals surface area contributed by atoms with Crippen molar-refractivity contribution in [2.75, 3.05) is 0 Å². The maximum atomic E-state index is 2.44. The zero-order valence-corrected chi connectivity index (χ0v) is 18.9. The average Bonchev–Trinajstić information content (AvgIpc) is 3.26. The number of hydrogen-bond acceptors (Lipinski definition) is 0. The first kappa shape index (κ1) is 21.8. The Labute approximate surface area is 183 Å². The van der Waals surface area contributed by atoms with Gasteiger partial charge in [0.25, 0.3) is 0 Å². The van der Waals surface area contributed by atoms with Crippen LogP contribution in [-0.2, 0) is 31.6 Å². The van der Waals surface area contributed by atoms with E-state index in [4.69, 9.17) is 0 Å². The smallest absolute Gasteiger partial charge is 0.358 e. The number of hydrogen-bond donors (Lipinski definition) is 0. The summed E-state index contributed by atoms with van der Waals surface area (Å²) in [6, 6.07) is 27.4. The summed E-state index contributed by atoms with van der Waals surface area (Å²) in [5.41, 5.74) is 3.26. The molecule has 0 saturated heterocycles. The van der Waals surface area contributed by atoms with Gasteiger partial charge in [-0.15, -0.1) is 81.2 Å². The predicted octanol–water partition coefficient (Wildman–Crippen LogP) is 7.58. The fourth-order valence-corrected chi connectivity index (χ4v) is 4.75. The largest absolute Gasteiger partial charge is 4.00 e. The molecule has 0 bridgehead atoms. The normalized spacial score (nSPS) is 15.6. The monoisotopic (exact) mass is 430 g/mol. The zero-order chi connectivity index (χ0) is 16.0. The summed E-state index contributed by atoms with van der Waals surface area (Å²) in [6.45, 7) is 0. The second-order valence-electron chi connectivity index (χ2n) is 7.39. The Balaban J connectivity index is 0.000000871. The molecule has 4 aromatic rings. The van der Waals surface area contributed by atoms with Gasteiger partial charge in [-0.05, 0) is 18.3 Å². The number of benzene rings is 2. The van der Waals surface area contributed by atoms with Crippen molar-refractivity contribution >= 4 is 21.5 Å². The molecule has 4 aromatic carbocycles. The molecule has 0 aromatic heterocycles. The molecule has 0 heterocycles. The molecule has 0 N–H and O–H groups in total. The fraction of sp³-hybridized carbons (Fsp3) is 0.231. The molecule has 0 aliphatic heterocycles. The first-order chi connectivity index (χ1) is 11.9. The van der Waals surface area contributed by atoms with E-state index in [2.05, 4.69) is 72.8 Å². The third-order valence-electron chi connectivity index (χ3n) is 6.05. The Bertz CT molecular complexity index is 853. The standard InChI is InChI=1S/C24H22.2CH3.Zr/c1-6-12-24(13-7-1,22-14-18-8-2-3-9-19(18)15-22)23-16-20-10-4-5-11-21(20)17-23;;;/h2-5,8-11,14-17H,1,6-7,12-13H2;2*1H3;/q-2;2*-1;+4. The van der Waals surface area contributed by atoms with Gasteiger partial charge in [0.1, 0.15) is 0 Å². The maximum Gasteiger partial charge on any atom is 4.00 e. The second-order valence-corrected chi connectivity index (χ2v) is 7.39. The van der Waals surface area contributed by atoms with E-state index in [-0.39, 0.29) is 46.5 Å². The average molecular weight is 432 g/mol. The Kier molecular flexibility index (Phi) is 7.04. The molecule has 1 fully saturated rings. The van der Waals surface area contributed by atoms with Crippen molar-refractivity contribution in [3.63, 3.8) is 0 Å². The second kappa shape index (κ2) is 8.70. The molecule has 0 atom stereocenters. The Hall–Kier alpha value is -1.46. The van der Waals surface area contributed by atoms with Crippen LogP contribution in [0.4, 0.5) is 0 Å². The van der Waals surface area contributed by atoms with Crippen LogP contribution in [0.2, 0.25) is 0 Å². The van der Waals surface area contributed by atoms with Gasteiger partial charge in [-0.25, -0.2) is 0 Å². The first-order valence-corrected chi connectivity index (χ1v) is 9.17. The van der Waals surface area contributed by atoms with Crippen LogP contribution in [0.15, 0.2) is 72.8 Å². The van der Waals surface area contributed by atoms with E-state index in [1.807, 2.05) is 0 Å². The van der Waals surface area contributed by atoms with Crippen molar-refractivity contribution in [2.24, 2.45) is 0 Å². The van der Waals surface area contributed by atoms with Crippen molar-refractivity contribution in [1.82, 2.24) is 0 Å². The van der Waals surface area contributed by atoms with Crippen LogP contribution in [0.25, 0.3) is 21.5 Å². The minimum absolute atomic E-state index is 0. The van der Waals surface area contributed by atoms with Gasteiger partial charge in [-0.2, -0.15) is 12.1 Å². The summed E-state index contributed by atoms with van der Waals surface area (Å²) in [4.78, 5) is 0. The molecule has 27 heavy (non-hydrogen) atoms. The van der Waals surface area contributed by atoms with Gasteiger partial charge in [0.15, 0.2) is 0 Å². The molecule has 0 nitrogen and oxygen atoms in total. The van der Waals surface area contributed by atoms with Crippen molar-refractivity contribution in [3.05, 3.63) is 98.8 Å². The molecule has 0 unspecified atom stereocenters. The zero-order valence-electron chi connectivity index (χ0n) is 16.5. The molecular formula is C26H28Zr. The van der Waals surface area contributed by atoms with Crippen LogP contribution in [0.1, 0.15) is 43.2 Å². The van der Waals surface area contributed by atoms with Crippen molar-refractivity contribution in [3.8, 4) is 0 Å². The van der Waals surface area contributed by atoms with Crippen LogP contribution < -0.4 is 0 Å². The Morgan fingerprint density at radius 1 is 0.630 bits per heavy atom. The van der Waals surface area contributed by atoms with Gasteiger partial charge in [-0.1, -0.05) is 31.4 Å². The van der Waals surface area contributed by atoms with Crippen molar-refractivity contribution in [2.45, 2.75) is 37.5 Å². The molecule has 0 radical (unpaired) electrons. The van der Waals surface area contributed by atoms with E-state index >= 15 is 0 Å². The Morgan fingerprint density at radius 3 is 1.52 bits per heavy atom. The third kappa shape index (κ3) is 3.64. The maximum absolute atomic E-state index is 2.44. The predicted molar refractivity (Wildman–Crippen MR) is 116 cm³/mol. The fourth-order valence-electron chi connectivity index (χ4n) is 4.75. The molecular weight excluding hydrogens is 404 g/mol. The van der Waals surface area contributed by atoms with E-state index in [1.165, 1.54) is 64.8 Å². The van der Waals surface area contributed by atoms with Crippen LogP contribution in [0, 0.1) is 14.9 Å². The molecule has 0 spiro atoms. The molecule has 5 rings (SSSR count). The number of rotatable bonds is 2. The minimum Gasteiger partial charge on any atom is -0.358 e. The molecule has 1 aliphatic rings.